The highest BCUT2D eigenvalue weighted by molar-refractivity contribution is 8.00. The Balaban J connectivity index is 1.72. The van der Waals surface area contributed by atoms with Crippen molar-refractivity contribution in [3.8, 4) is 17.1 Å². The second-order valence-corrected chi connectivity index (χ2v) is 7.96. The minimum atomic E-state index is -0.361. The molecule has 3 aromatic rings. The van der Waals surface area contributed by atoms with Crippen molar-refractivity contribution in [1.29, 1.82) is 0 Å². The summed E-state index contributed by atoms with van der Waals surface area (Å²) in [6, 6.07) is 7.61. The summed E-state index contributed by atoms with van der Waals surface area (Å²) in [5.41, 5.74) is 0.896. The molecule has 8 nitrogen and oxygen atoms in total. The molecule has 0 saturated heterocycles. The summed E-state index contributed by atoms with van der Waals surface area (Å²) < 4.78 is 7.11. The minimum Gasteiger partial charge on any atom is -0.497 e. The zero-order valence-electron chi connectivity index (χ0n) is 14.8. The van der Waals surface area contributed by atoms with Gasteiger partial charge in [-0.15, -0.1) is 20.4 Å². The van der Waals surface area contributed by atoms with Crippen molar-refractivity contribution in [2.45, 2.75) is 24.3 Å². The van der Waals surface area contributed by atoms with E-state index in [0.717, 1.165) is 16.3 Å². The molecule has 0 aliphatic carbocycles. The molecular formula is C16H18N6O2S2. The van der Waals surface area contributed by atoms with Crippen LogP contribution >= 0.6 is 23.1 Å². The first-order valence-electron chi connectivity index (χ1n) is 7.79. The predicted octanol–water partition coefficient (Wildman–Crippen LogP) is 2.77. The van der Waals surface area contributed by atoms with Crippen LogP contribution in [0.15, 0.2) is 29.4 Å². The highest BCUT2D eigenvalue weighted by atomic mass is 32.2. The van der Waals surface area contributed by atoms with Crippen LogP contribution in [-0.4, -0.2) is 43.2 Å². The number of amides is 1. The Morgan fingerprint density at radius 3 is 2.81 bits per heavy atom. The maximum atomic E-state index is 12.3. The SMILES string of the molecule is COc1cccc(-c2nnc(SC(C)C(=O)Nc3nnc(C)s3)n2C)c1. The summed E-state index contributed by atoms with van der Waals surface area (Å²) >= 11 is 2.67. The molecule has 1 unspecified atom stereocenters. The fourth-order valence-corrected chi connectivity index (χ4v) is 3.61. The first-order valence-corrected chi connectivity index (χ1v) is 9.49. The van der Waals surface area contributed by atoms with Gasteiger partial charge in [0.25, 0.3) is 0 Å². The quantitative estimate of drug-likeness (QED) is 0.647. The molecular weight excluding hydrogens is 372 g/mol. The van der Waals surface area contributed by atoms with Gasteiger partial charge in [0.1, 0.15) is 10.8 Å². The molecule has 1 atom stereocenters. The van der Waals surface area contributed by atoms with Gasteiger partial charge in [-0.1, -0.05) is 35.2 Å². The lowest BCUT2D eigenvalue weighted by atomic mass is 10.2. The fraction of sp³-hybridized carbons (Fsp3) is 0.312. The topological polar surface area (TPSA) is 94.8 Å². The average molecular weight is 390 g/mol. The number of aryl methyl sites for hydroxylation is 1. The number of thioether (sulfide) groups is 1. The summed E-state index contributed by atoms with van der Waals surface area (Å²) in [6.07, 6.45) is 0. The maximum Gasteiger partial charge on any atom is 0.239 e. The van der Waals surface area contributed by atoms with Gasteiger partial charge >= 0.3 is 0 Å². The molecule has 1 aromatic carbocycles. The standard InChI is InChI=1S/C16H18N6O2S2/c1-9(14(23)17-15-20-18-10(2)26-15)25-16-21-19-13(22(16)3)11-6-5-7-12(8-11)24-4/h5-9H,1-4H3,(H,17,20,23). The van der Waals surface area contributed by atoms with E-state index in [9.17, 15) is 4.79 Å². The summed E-state index contributed by atoms with van der Waals surface area (Å²) in [7, 11) is 3.49. The molecule has 2 heterocycles. The number of nitrogens with one attached hydrogen (secondary N) is 1. The van der Waals surface area contributed by atoms with E-state index in [4.69, 9.17) is 4.74 Å². The third kappa shape index (κ3) is 4.02. The van der Waals surface area contributed by atoms with Crippen LogP contribution in [0.5, 0.6) is 5.75 Å². The van der Waals surface area contributed by atoms with E-state index >= 15 is 0 Å². The average Bonchev–Trinajstić information content (AvgIpc) is 3.21. The van der Waals surface area contributed by atoms with Crippen LogP contribution in [0.4, 0.5) is 5.13 Å². The van der Waals surface area contributed by atoms with Crippen LogP contribution < -0.4 is 10.1 Å². The van der Waals surface area contributed by atoms with Gasteiger partial charge in [0, 0.05) is 12.6 Å². The van der Waals surface area contributed by atoms with E-state index in [1.807, 2.05) is 49.7 Å². The van der Waals surface area contributed by atoms with Crippen molar-refractivity contribution in [2.24, 2.45) is 7.05 Å². The summed E-state index contributed by atoms with van der Waals surface area (Å²) in [5.74, 6) is 1.30. The smallest absolute Gasteiger partial charge is 0.239 e. The third-order valence-corrected chi connectivity index (χ3v) is 5.46. The largest absolute Gasteiger partial charge is 0.497 e. The van der Waals surface area contributed by atoms with Crippen LogP contribution in [-0.2, 0) is 11.8 Å². The van der Waals surface area contributed by atoms with Crippen LogP contribution in [0.1, 0.15) is 11.9 Å². The summed E-state index contributed by atoms with van der Waals surface area (Å²) in [6.45, 7) is 3.65. The monoisotopic (exact) mass is 390 g/mol. The molecule has 0 bridgehead atoms. The number of rotatable bonds is 6. The van der Waals surface area contributed by atoms with E-state index in [-0.39, 0.29) is 11.2 Å². The van der Waals surface area contributed by atoms with E-state index < -0.39 is 0 Å². The lowest BCUT2D eigenvalue weighted by Gasteiger charge is -2.10. The molecule has 1 amide bonds. The van der Waals surface area contributed by atoms with Crippen molar-refractivity contribution in [3.05, 3.63) is 29.3 Å². The normalized spacial score (nSPS) is 12.0. The Bertz CT molecular complexity index is 923. The van der Waals surface area contributed by atoms with E-state index in [1.165, 1.54) is 23.1 Å². The second-order valence-electron chi connectivity index (χ2n) is 5.47. The zero-order chi connectivity index (χ0) is 18.7. The van der Waals surface area contributed by atoms with Gasteiger partial charge in [0.15, 0.2) is 11.0 Å². The molecule has 0 aliphatic heterocycles. The van der Waals surface area contributed by atoms with Gasteiger partial charge in [-0.25, -0.2) is 0 Å². The zero-order valence-corrected chi connectivity index (χ0v) is 16.4. The molecule has 2 aromatic heterocycles. The molecule has 136 valence electrons. The fourth-order valence-electron chi connectivity index (χ4n) is 2.20. The molecule has 0 radical (unpaired) electrons. The Morgan fingerprint density at radius 1 is 1.31 bits per heavy atom. The lowest BCUT2D eigenvalue weighted by molar-refractivity contribution is -0.115. The summed E-state index contributed by atoms with van der Waals surface area (Å²) in [4.78, 5) is 12.3. The molecule has 0 fully saturated rings. The summed E-state index contributed by atoms with van der Waals surface area (Å²) in [5, 5.41) is 20.6. The van der Waals surface area contributed by atoms with Crippen LogP contribution in [0.25, 0.3) is 11.4 Å². The number of ether oxygens (including phenoxy) is 1. The molecule has 0 aliphatic rings. The van der Waals surface area contributed by atoms with Crippen LogP contribution in [0.3, 0.4) is 0 Å². The molecule has 3 rings (SSSR count). The van der Waals surface area contributed by atoms with Crippen molar-refractivity contribution in [3.63, 3.8) is 0 Å². The highest BCUT2D eigenvalue weighted by Crippen LogP contribution is 2.28. The number of benzene rings is 1. The number of methoxy groups -OCH3 is 1. The van der Waals surface area contributed by atoms with Crippen LogP contribution in [0.2, 0.25) is 0 Å². The van der Waals surface area contributed by atoms with E-state index in [0.29, 0.717) is 16.1 Å². The Labute approximate surface area is 159 Å². The molecule has 0 saturated carbocycles. The number of carbonyl (C=O) groups is 1. The molecule has 0 spiro atoms. The number of carbonyl (C=O) groups excluding carboxylic acids is 1. The van der Waals surface area contributed by atoms with Gasteiger partial charge in [-0.2, -0.15) is 0 Å². The minimum absolute atomic E-state index is 0.155. The van der Waals surface area contributed by atoms with Gasteiger partial charge in [0.05, 0.1) is 12.4 Å². The number of nitrogens with zero attached hydrogens (tertiary/aromatic N) is 5. The number of anilines is 1. The number of aromatic nitrogens is 5. The number of hydrogen-bond donors (Lipinski definition) is 1. The van der Waals surface area contributed by atoms with Crippen molar-refractivity contribution in [1.82, 2.24) is 25.0 Å². The number of hydrogen-bond acceptors (Lipinski definition) is 8. The molecule has 26 heavy (non-hydrogen) atoms. The third-order valence-electron chi connectivity index (χ3n) is 3.57. The van der Waals surface area contributed by atoms with Gasteiger partial charge in [-0.05, 0) is 26.0 Å². The lowest BCUT2D eigenvalue weighted by Crippen LogP contribution is -2.22. The maximum absolute atomic E-state index is 12.3. The Kier molecular flexibility index (Phi) is 5.52. The second kappa shape index (κ2) is 7.83. The van der Waals surface area contributed by atoms with E-state index in [2.05, 4.69) is 25.7 Å². The van der Waals surface area contributed by atoms with Gasteiger partial charge in [-0.3, -0.25) is 10.1 Å². The first kappa shape index (κ1) is 18.3. The van der Waals surface area contributed by atoms with E-state index in [1.54, 1.807) is 7.11 Å². The van der Waals surface area contributed by atoms with Crippen LogP contribution in [0, 0.1) is 6.92 Å². The molecule has 10 heteroatoms. The van der Waals surface area contributed by atoms with Gasteiger partial charge < -0.3 is 9.30 Å². The Hall–Kier alpha value is -2.46. The van der Waals surface area contributed by atoms with Gasteiger partial charge in [0.2, 0.25) is 11.0 Å². The first-order chi connectivity index (χ1) is 12.5. The highest BCUT2D eigenvalue weighted by Gasteiger charge is 2.20. The van der Waals surface area contributed by atoms with Crippen molar-refractivity contribution >= 4 is 34.1 Å². The molecule has 1 N–H and O–H groups in total. The van der Waals surface area contributed by atoms with Crippen molar-refractivity contribution < 1.29 is 9.53 Å². The van der Waals surface area contributed by atoms with Crippen molar-refractivity contribution in [2.75, 3.05) is 12.4 Å². The Morgan fingerprint density at radius 2 is 2.12 bits per heavy atom. The predicted molar refractivity (Wildman–Crippen MR) is 102 cm³/mol.